The first kappa shape index (κ1) is 9.27. The van der Waals surface area contributed by atoms with Crippen molar-refractivity contribution in [3.05, 3.63) is 0 Å². The van der Waals surface area contributed by atoms with Crippen LogP contribution >= 0.6 is 12.6 Å². The molecule has 0 heterocycles. The Bertz CT molecular complexity index is 77.6. The Balaban J connectivity index is 3.28. The molecule has 0 aliphatic rings. The zero-order chi connectivity index (χ0) is 7.49. The maximum absolute atomic E-state index is 5.28. The van der Waals surface area contributed by atoms with E-state index >= 15 is 0 Å². The van der Waals surface area contributed by atoms with Crippen LogP contribution in [0.2, 0.25) is 0 Å². The molecule has 0 aliphatic heterocycles. The molecule has 0 aromatic heterocycles. The summed E-state index contributed by atoms with van der Waals surface area (Å²) < 4.78 is 5.28. The van der Waals surface area contributed by atoms with Crippen molar-refractivity contribution in [1.29, 1.82) is 0 Å². The summed E-state index contributed by atoms with van der Waals surface area (Å²) in [5.41, 5.74) is 0. The lowest BCUT2D eigenvalue weighted by atomic mass is 10.5. The van der Waals surface area contributed by atoms with Gasteiger partial charge in [0.2, 0.25) is 0 Å². The second kappa shape index (κ2) is 3.44. The van der Waals surface area contributed by atoms with Crippen molar-refractivity contribution in [1.82, 2.24) is 4.90 Å². The zero-order valence-electron chi connectivity index (χ0n) is 6.51. The molecule has 56 valence electrons. The highest BCUT2D eigenvalue weighted by Gasteiger charge is 2.10. The highest BCUT2D eigenvalue weighted by atomic mass is 32.1. The molecule has 2 nitrogen and oxygen atoms in total. The molecule has 9 heavy (non-hydrogen) atoms. The molecule has 0 aliphatic carbocycles. The molecule has 0 N–H and O–H groups in total. The Hall–Kier alpha value is 0.270. The van der Waals surface area contributed by atoms with Crippen LogP contribution in [0, 0.1) is 0 Å². The van der Waals surface area contributed by atoms with Gasteiger partial charge in [0.15, 0.2) is 0 Å². The number of ether oxygens (including phenoxy) is 1. The maximum atomic E-state index is 5.28. The molecule has 0 atom stereocenters. The van der Waals surface area contributed by atoms with Crippen LogP contribution in [0.4, 0.5) is 0 Å². The van der Waals surface area contributed by atoms with E-state index in [4.69, 9.17) is 4.74 Å². The third-order valence-corrected chi connectivity index (χ3v) is 0.805. The summed E-state index contributed by atoms with van der Waals surface area (Å²) in [7, 11) is 3.92. The van der Waals surface area contributed by atoms with Crippen molar-refractivity contribution in [2.45, 2.75) is 18.8 Å². The molecule has 0 saturated carbocycles. The minimum absolute atomic E-state index is 0.315. The zero-order valence-corrected chi connectivity index (χ0v) is 7.40. The van der Waals surface area contributed by atoms with Gasteiger partial charge in [-0.1, -0.05) is 0 Å². The third kappa shape index (κ3) is 8.27. The summed E-state index contributed by atoms with van der Waals surface area (Å²) in [5, 5.41) is 0. The van der Waals surface area contributed by atoms with Crippen LogP contribution in [-0.4, -0.2) is 30.7 Å². The summed E-state index contributed by atoms with van der Waals surface area (Å²) in [5.74, 6) is 0. The minimum Gasteiger partial charge on any atom is -0.350 e. The van der Waals surface area contributed by atoms with Crippen molar-refractivity contribution in [3.8, 4) is 0 Å². The average molecular weight is 149 g/mol. The number of nitrogens with zero attached hydrogens (tertiary/aromatic N) is 1. The Morgan fingerprint density at radius 3 is 2.00 bits per heavy atom. The van der Waals surface area contributed by atoms with Crippen molar-refractivity contribution in [2.75, 3.05) is 20.8 Å². The van der Waals surface area contributed by atoms with Gasteiger partial charge in [0, 0.05) is 0 Å². The fourth-order valence-electron chi connectivity index (χ4n) is 0.287. The van der Waals surface area contributed by atoms with Gasteiger partial charge in [-0.25, -0.2) is 0 Å². The van der Waals surface area contributed by atoms with Gasteiger partial charge in [0.1, 0.15) is 11.7 Å². The third-order valence-electron chi connectivity index (χ3n) is 0.676. The Morgan fingerprint density at radius 2 is 1.89 bits per heavy atom. The summed E-state index contributed by atoms with van der Waals surface area (Å²) in [6.07, 6.45) is 0. The van der Waals surface area contributed by atoms with Gasteiger partial charge in [0.25, 0.3) is 0 Å². The lowest BCUT2D eigenvalue weighted by Gasteiger charge is -2.21. The van der Waals surface area contributed by atoms with Crippen LogP contribution in [0.3, 0.4) is 0 Å². The molecule has 0 rings (SSSR count). The van der Waals surface area contributed by atoms with E-state index in [2.05, 4.69) is 12.6 Å². The van der Waals surface area contributed by atoms with Gasteiger partial charge >= 0.3 is 0 Å². The second-order valence-corrected chi connectivity index (χ2v) is 3.88. The van der Waals surface area contributed by atoms with Gasteiger partial charge in [-0.3, -0.25) is 4.90 Å². The fourth-order valence-corrected chi connectivity index (χ4v) is 0.345. The first-order chi connectivity index (χ1) is 3.92. The second-order valence-electron chi connectivity index (χ2n) is 2.80. The van der Waals surface area contributed by atoms with Crippen LogP contribution in [0.15, 0.2) is 0 Å². The topological polar surface area (TPSA) is 12.5 Å². The first-order valence-electron chi connectivity index (χ1n) is 2.93. The first-order valence-corrected chi connectivity index (χ1v) is 3.37. The molecule has 0 amide bonds. The van der Waals surface area contributed by atoms with Crippen molar-refractivity contribution >= 4 is 12.6 Å². The lowest BCUT2D eigenvalue weighted by molar-refractivity contribution is -0.00396. The molecular formula is C6H15NOS. The van der Waals surface area contributed by atoms with E-state index in [0.717, 1.165) is 0 Å². The van der Waals surface area contributed by atoms with E-state index < -0.39 is 0 Å². The fraction of sp³-hybridized carbons (Fsp3) is 1.00. The van der Waals surface area contributed by atoms with E-state index in [1.165, 1.54) is 0 Å². The molecular weight excluding hydrogens is 134 g/mol. The maximum Gasteiger partial charge on any atom is 0.107 e. The van der Waals surface area contributed by atoms with Crippen LogP contribution in [-0.2, 0) is 4.74 Å². The van der Waals surface area contributed by atoms with Gasteiger partial charge < -0.3 is 4.74 Å². The van der Waals surface area contributed by atoms with Gasteiger partial charge in [-0.2, -0.15) is 0 Å². The Kier molecular flexibility index (Phi) is 3.54. The highest BCUT2D eigenvalue weighted by Crippen LogP contribution is 2.12. The normalized spacial score (nSPS) is 12.7. The molecule has 0 aromatic carbocycles. The van der Waals surface area contributed by atoms with Crippen LogP contribution in [0.25, 0.3) is 0 Å². The number of hydrogen-bond acceptors (Lipinski definition) is 3. The minimum atomic E-state index is -0.315. The standard InChI is InChI=1S/C6H15NOS/c1-6(2,9)8-5-7(3)4/h9H,5H2,1-4H3. The van der Waals surface area contributed by atoms with Crippen molar-refractivity contribution < 1.29 is 4.74 Å². The average Bonchev–Trinajstić information content (AvgIpc) is 1.59. The van der Waals surface area contributed by atoms with Crippen molar-refractivity contribution in [2.24, 2.45) is 0 Å². The quantitative estimate of drug-likeness (QED) is 0.478. The predicted molar refractivity (Wildman–Crippen MR) is 42.7 cm³/mol. The monoisotopic (exact) mass is 149 g/mol. The Labute approximate surface area is 62.6 Å². The van der Waals surface area contributed by atoms with Gasteiger partial charge in [-0.15, -0.1) is 12.6 Å². The largest absolute Gasteiger partial charge is 0.350 e. The number of thiol groups is 1. The SMILES string of the molecule is CN(C)COC(C)(C)S. The highest BCUT2D eigenvalue weighted by molar-refractivity contribution is 7.81. The van der Waals surface area contributed by atoms with E-state index in [9.17, 15) is 0 Å². The van der Waals surface area contributed by atoms with Gasteiger partial charge in [0.05, 0.1) is 0 Å². The molecule has 0 saturated heterocycles. The number of rotatable bonds is 3. The number of hydrogen-bond donors (Lipinski definition) is 1. The Morgan fingerprint density at radius 1 is 1.44 bits per heavy atom. The van der Waals surface area contributed by atoms with E-state index in [-0.39, 0.29) is 4.93 Å². The van der Waals surface area contributed by atoms with Gasteiger partial charge in [-0.05, 0) is 27.9 Å². The van der Waals surface area contributed by atoms with Crippen LogP contribution < -0.4 is 0 Å². The molecule has 0 aromatic rings. The molecule has 0 unspecified atom stereocenters. The van der Waals surface area contributed by atoms with Crippen LogP contribution in [0.1, 0.15) is 13.8 Å². The van der Waals surface area contributed by atoms with Crippen LogP contribution in [0.5, 0.6) is 0 Å². The van der Waals surface area contributed by atoms with E-state index in [1.54, 1.807) is 0 Å². The lowest BCUT2D eigenvalue weighted by Crippen LogP contribution is -2.24. The molecule has 0 fully saturated rings. The summed E-state index contributed by atoms with van der Waals surface area (Å²) in [6, 6.07) is 0. The van der Waals surface area contributed by atoms with E-state index in [1.807, 2.05) is 32.8 Å². The molecule has 0 spiro atoms. The molecule has 0 bridgehead atoms. The van der Waals surface area contributed by atoms with E-state index in [0.29, 0.717) is 6.73 Å². The van der Waals surface area contributed by atoms with Crippen molar-refractivity contribution in [3.63, 3.8) is 0 Å². The summed E-state index contributed by atoms with van der Waals surface area (Å²) in [6.45, 7) is 4.45. The molecule has 0 radical (unpaired) electrons. The predicted octanol–water partition coefficient (Wildman–Crippen LogP) is 1.19. The summed E-state index contributed by atoms with van der Waals surface area (Å²) in [4.78, 5) is 1.64. The molecule has 3 heteroatoms. The smallest absolute Gasteiger partial charge is 0.107 e. The summed E-state index contributed by atoms with van der Waals surface area (Å²) >= 11 is 4.18.